The van der Waals surface area contributed by atoms with E-state index >= 15 is 0 Å². The van der Waals surface area contributed by atoms with Crippen LogP contribution in [-0.4, -0.2) is 12.6 Å². The Labute approximate surface area is 124 Å². The van der Waals surface area contributed by atoms with Crippen LogP contribution in [0.4, 0.5) is 0 Å². The van der Waals surface area contributed by atoms with Crippen molar-refractivity contribution in [3.63, 3.8) is 0 Å². The molecule has 4 unspecified atom stereocenters. The largest absolute Gasteiger partial charge is 0.314 e. The SMILES string of the molecule is CCNC(CCC(C)C)C1C2CCc3ccccc3C21. The van der Waals surface area contributed by atoms with Crippen molar-refractivity contribution >= 4 is 0 Å². The molecular formula is C19H29N. The standard InChI is InChI=1S/C19H29N/c1-4-20-17(12-9-13(2)3)19-16-11-10-14-7-5-6-8-15(14)18(16)19/h5-8,13,16-20H,4,9-12H2,1-3H3. The van der Waals surface area contributed by atoms with Crippen LogP contribution in [0.5, 0.6) is 0 Å². The maximum absolute atomic E-state index is 3.79. The summed E-state index contributed by atoms with van der Waals surface area (Å²) in [5, 5.41) is 3.79. The van der Waals surface area contributed by atoms with Gasteiger partial charge in [-0.2, -0.15) is 0 Å². The van der Waals surface area contributed by atoms with Gasteiger partial charge < -0.3 is 5.32 Å². The quantitative estimate of drug-likeness (QED) is 0.810. The number of aryl methyl sites for hydroxylation is 1. The van der Waals surface area contributed by atoms with Gasteiger partial charge in [0, 0.05) is 6.04 Å². The topological polar surface area (TPSA) is 12.0 Å². The second-order valence-electron chi connectivity index (χ2n) is 7.14. The molecule has 1 saturated carbocycles. The lowest BCUT2D eigenvalue weighted by Crippen LogP contribution is -2.32. The Morgan fingerprint density at radius 2 is 2.00 bits per heavy atom. The van der Waals surface area contributed by atoms with Gasteiger partial charge in [-0.3, -0.25) is 0 Å². The fourth-order valence-corrected chi connectivity index (χ4v) is 4.37. The van der Waals surface area contributed by atoms with Crippen molar-refractivity contribution in [2.24, 2.45) is 17.8 Å². The normalized spacial score (nSPS) is 28.9. The van der Waals surface area contributed by atoms with E-state index in [0.29, 0.717) is 0 Å². The van der Waals surface area contributed by atoms with Gasteiger partial charge >= 0.3 is 0 Å². The van der Waals surface area contributed by atoms with Gasteiger partial charge in [-0.1, -0.05) is 45.0 Å². The Hall–Kier alpha value is -0.820. The van der Waals surface area contributed by atoms with Crippen LogP contribution in [0.3, 0.4) is 0 Å². The van der Waals surface area contributed by atoms with Crippen molar-refractivity contribution in [3.8, 4) is 0 Å². The van der Waals surface area contributed by atoms with Crippen LogP contribution >= 0.6 is 0 Å². The van der Waals surface area contributed by atoms with Crippen molar-refractivity contribution in [1.82, 2.24) is 5.32 Å². The highest BCUT2D eigenvalue weighted by Crippen LogP contribution is 2.61. The molecule has 3 rings (SSSR count). The van der Waals surface area contributed by atoms with E-state index in [1.54, 1.807) is 11.1 Å². The summed E-state index contributed by atoms with van der Waals surface area (Å²) in [4.78, 5) is 0. The summed E-state index contributed by atoms with van der Waals surface area (Å²) in [6, 6.07) is 9.91. The number of hydrogen-bond acceptors (Lipinski definition) is 1. The lowest BCUT2D eigenvalue weighted by Gasteiger charge is -2.19. The summed E-state index contributed by atoms with van der Waals surface area (Å²) in [6.45, 7) is 8.05. The molecule has 2 aliphatic rings. The van der Waals surface area contributed by atoms with Crippen molar-refractivity contribution in [2.75, 3.05) is 6.54 Å². The van der Waals surface area contributed by atoms with E-state index in [2.05, 4.69) is 50.4 Å². The minimum Gasteiger partial charge on any atom is -0.314 e. The first-order valence-corrected chi connectivity index (χ1v) is 8.53. The van der Waals surface area contributed by atoms with Crippen LogP contribution in [0.2, 0.25) is 0 Å². The maximum Gasteiger partial charge on any atom is 0.0104 e. The Morgan fingerprint density at radius 3 is 2.75 bits per heavy atom. The molecule has 2 aliphatic carbocycles. The van der Waals surface area contributed by atoms with E-state index < -0.39 is 0 Å². The fraction of sp³-hybridized carbons (Fsp3) is 0.684. The van der Waals surface area contributed by atoms with E-state index in [-0.39, 0.29) is 0 Å². The highest BCUT2D eigenvalue weighted by molar-refractivity contribution is 5.40. The van der Waals surface area contributed by atoms with Gasteiger partial charge in [0.05, 0.1) is 0 Å². The first-order chi connectivity index (χ1) is 9.72. The van der Waals surface area contributed by atoms with E-state index in [1.165, 1.54) is 25.7 Å². The predicted molar refractivity (Wildman–Crippen MR) is 86.0 cm³/mol. The van der Waals surface area contributed by atoms with Crippen molar-refractivity contribution in [1.29, 1.82) is 0 Å². The van der Waals surface area contributed by atoms with Gasteiger partial charge in [0.2, 0.25) is 0 Å². The Kier molecular flexibility index (Phi) is 4.16. The molecule has 0 spiro atoms. The van der Waals surface area contributed by atoms with Crippen LogP contribution in [0.25, 0.3) is 0 Å². The lowest BCUT2D eigenvalue weighted by atomic mass is 9.92. The van der Waals surface area contributed by atoms with E-state index in [4.69, 9.17) is 0 Å². The van der Waals surface area contributed by atoms with Crippen molar-refractivity contribution in [3.05, 3.63) is 35.4 Å². The molecule has 0 heterocycles. The average Bonchev–Trinajstić information content (AvgIpc) is 3.18. The van der Waals surface area contributed by atoms with Crippen molar-refractivity contribution < 1.29 is 0 Å². The average molecular weight is 271 g/mol. The molecule has 0 radical (unpaired) electrons. The summed E-state index contributed by atoms with van der Waals surface area (Å²) >= 11 is 0. The summed E-state index contributed by atoms with van der Waals surface area (Å²) < 4.78 is 0. The minimum atomic E-state index is 0.739. The Bertz CT molecular complexity index is 451. The molecule has 0 bridgehead atoms. The molecule has 1 nitrogen and oxygen atoms in total. The second kappa shape index (κ2) is 5.89. The summed E-state index contributed by atoms with van der Waals surface area (Å²) in [6.07, 6.45) is 5.42. The van der Waals surface area contributed by atoms with E-state index in [0.717, 1.165) is 36.3 Å². The third kappa shape index (κ3) is 2.65. The molecule has 20 heavy (non-hydrogen) atoms. The van der Waals surface area contributed by atoms with E-state index in [1.807, 2.05) is 0 Å². The van der Waals surface area contributed by atoms with Gasteiger partial charge in [0.25, 0.3) is 0 Å². The molecule has 0 aromatic heterocycles. The van der Waals surface area contributed by atoms with Gasteiger partial charge in [0.1, 0.15) is 0 Å². The molecule has 1 aromatic rings. The zero-order valence-electron chi connectivity index (χ0n) is 13.2. The van der Waals surface area contributed by atoms with Gasteiger partial charge in [0.15, 0.2) is 0 Å². The Morgan fingerprint density at radius 1 is 1.20 bits per heavy atom. The predicted octanol–water partition coefficient (Wildman–Crippen LogP) is 4.38. The first kappa shape index (κ1) is 14.1. The number of nitrogens with one attached hydrogen (secondary N) is 1. The van der Waals surface area contributed by atoms with Crippen LogP contribution < -0.4 is 5.32 Å². The number of fused-ring (bicyclic) bond motifs is 3. The number of hydrogen-bond donors (Lipinski definition) is 1. The third-order valence-corrected chi connectivity index (χ3v) is 5.38. The maximum atomic E-state index is 3.79. The van der Waals surface area contributed by atoms with Gasteiger partial charge in [-0.25, -0.2) is 0 Å². The lowest BCUT2D eigenvalue weighted by molar-refractivity contribution is 0.384. The minimum absolute atomic E-state index is 0.739. The molecule has 1 aromatic carbocycles. The monoisotopic (exact) mass is 271 g/mol. The fourth-order valence-electron chi connectivity index (χ4n) is 4.37. The molecule has 110 valence electrons. The Balaban J connectivity index is 1.72. The summed E-state index contributed by atoms with van der Waals surface area (Å²) in [5.41, 5.74) is 3.29. The van der Waals surface area contributed by atoms with Gasteiger partial charge in [-0.15, -0.1) is 0 Å². The summed E-state index contributed by atoms with van der Waals surface area (Å²) in [5.74, 6) is 3.54. The van der Waals surface area contributed by atoms with Crippen LogP contribution in [0.15, 0.2) is 24.3 Å². The van der Waals surface area contributed by atoms with E-state index in [9.17, 15) is 0 Å². The third-order valence-electron chi connectivity index (χ3n) is 5.38. The number of benzene rings is 1. The molecule has 1 heteroatoms. The zero-order chi connectivity index (χ0) is 14.1. The molecule has 0 amide bonds. The first-order valence-electron chi connectivity index (χ1n) is 8.53. The molecule has 1 fully saturated rings. The van der Waals surface area contributed by atoms with Crippen LogP contribution in [0.1, 0.15) is 57.1 Å². The van der Waals surface area contributed by atoms with Crippen LogP contribution in [0, 0.1) is 17.8 Å². The molecule has 0 saturated heterocycles. The molecule has 1 N–H and O–H groups in total. The summed E-state index contributed by atoms with van der Waals surface area (Å²) in [7, 11) is 0. The number of rotatable bonds is 6. The van der Waals surface area contributed by atoms with Crippen LogP contribution in [-0.2, 0) is 6.42 Å². The highest BCUT2D eigenvalue weighted by atomic mass is 14.9. The molecule has 4 atom stereocenters. The highest BCUT2D eigenvalue weighted by Gasteiger charge is 2.55. The van der Waals surface area contributed by atoms with Crippen molar-refractivity contribution in [2.45, 2.75) is 58.4 Å². The zero-order valence-corrected chi connectivity index (χ0v) is 13.2. The second-order valence-corrected chi connectivity index (χ2v) is 7.14. The smallest absolute Gasteiger partial charge is 0.0104 e. The van der Waals surface area contributed by atoms with Gasteiger partial charge in [-0.05, 0) is 67.0 Å². The molecule has 0 aliphatic heterocycles. The molecular weight excluding hydrogens is 242 g/mol.